The molecular formula is C14H19N7OS. The summed E-state index contributed by atoms with van der Waals surface area (Å²) in [5.41, 5.74) is 0.879. The lowest BCUT2D eigenvalue weighted by Gasteiger charge is -2.15. The maximum Gasteiger partial charge on any atom is 0.324 e. The predicted molar refractivity (Wildman–Crippen MR) is 88.1 cm³/mol. The molecule has 122 valence electrons. The van der Waals surface area contributed by atoms with Crippen LogP contribution in [0.15, 0.2) is 12.4 Å². The summed E-state index contributed by atoms with van der Waals surface area (Å²) in [6.07, 6.45) is 4.79. The first-order chi connectivity index (χ1) is 11.1. The van der Waals surface area contributed by atoms with Crippen molar-refractivity contribution >= 4 is 28.2 Å². The van der Waals surface area contributed by atoms with Crippen LogP contribution >= 0.6 is 11.3 Å². The lowest BCUT2D eigenvalue weighted by atomic mass is 10.3. The van der Waals surface area contributed by atoms with Crippen LogP contribution in [0.1, 0.15) is 17.5 Å². The zero-order chi connectivity index (χ0) is 16.0. The Morgan fingerprint density at radius 2 is 2.13 bits per heavy atom. The third-order valence-corrected chi connectivity index (χ3v) is 5.34. The highest BCUT2D eigenvalue weighted by molar-refractivity contribution is 7.15. The molecule has 9 heteroatoms. The van der Waals surface area contributed by atoms with E-state index in [-0.39, 0.29) is 6.03 Å². The van der Waals surface area contributed by atoms with Gasteiger partial charge in [-0.15, -0.1) is 10.2 Å². The summed E-state index contributed by atoms with van der Waals surface area (Å²) in [4.78, 5) is 17.8. The van der Waals surface area contributed by atoms with E-state index in [1.54, 1.807) is 27.3 Å². The SMILES string of the molecule is Cc1nnc(N2CCC(n3cc(N4CCN(C)C4=O)cn3)C2)s1. The Hall–Kier alpha value is -2.16. The van der Waals surface area contributed by atoms with Crippen LogP contribution in [-0.4, -0.2) is 64.1 Å². The summed E-state index contributed by atoms with van der Waals surface area (Å²) < 4.78 is 1.98. The van der Waals surface area contributed by atoms with E-state index in [1.165, 1.54) is 0 Å². The number of amides is 2. The Morgan fingerprint density at radius 3 is 2.83 bits per heavy atom. The van der Waals surface area contributed by atoms with E-state index in [0.29, 0.717) is 6.04 Å². The van der Waals surface area contributed by atoms with Crippen LogP contribution < -0.4 is 9.80 Å². The number of nitrogens with zero attached hydrogens (tertiary/aromatic N) is 7. The lowest BCUT2D eigenvalue weighted by Crippen LogP contribution is -2.28. The van der Waals surface area contributed by atoms with Crippen molar-refractivity contribution in [3.05, 3.63) is 17.4 Å². The molecule has 2 fully saturated rings. The van der Waals surface area contributed by atoms with Crippen LogP contribution in [0.4, 0.5) is 15.6 Å². The van der Waals surface area contributed by atoms with Gasteiger partial charge in [0.25, 0.3) is 0 Å². The number of hydrogen-bond donors (Lipinski definition) is 0. The molecule has 0 aromatic carbocycles. The molecule has 2 aromatic rings. The number of aromatic nitrogens is 4. The molecular weight excluding hydrogens is 314 g/mol. The molecule has 0 saturated carbocycles. The number of urea groups is 1. The number of hydrogen-bond acceptors (Lipinski definition) is 6. The zero-order valence-electron chi connectivity index (χ0n) is 13.2. The van der Waals surface area contributed by atoms with Gasteiger partial charge in [-0.3, -0.25) is 9.58 Å². The fourth-order valence-electron chi connectivity index (χ4n) is 3.10. The van der Waals surface area contributed by atoms with Gasteiger partial charge in [-0.2, -0.15) is 5.10 Å². The predicted octanol–water partition coefficient (Wildman–Crippen LogP) is 1.37. The molecule has 23 heavy (non-hydrogen) atoms. The smallest absolute Gasteiger partial charge is 0.324 e. The average molecular weight is 333 g/mol. The number of likely N-dealkylation sites (N-methyl/N-ethyl adjacent to an activating group) is 1. The summed E-state index contributed by atoms with van der Waals surface area (Å²) in [5, 5.41) is 14.8. The second-order valence-corrected chi connectivity index (χ2v) is 7.19. The highest BCUT2D eigenvalue weighted by Gasteiger charge is 2.30. The van der Waals surface area contributed by atoms with Crippen LogP contribution in [0.2, 0.25) is 0 Å². The Labute approximate surface area is 138 Å². The molecule has 4 rings (SSSR count). The molecule has 0 spiro atoms. The third kappa shape index (κ3) is 2.54. The summed E-state index contributed by atoms with van der Waals surface area (Å²) in [5.74, 6) is 0. The molecule has 2 saturated heterocycles. The van der Waals surface area contributed by atoms with Crippen molar-refractivity contribution in [2.45, 2.75) is 19.4 Å². The van der Waals surface area contributed by atoms with E-state index < -0.39 is 0 Å². The maximum atomic E-state index is 12.1. The molecule has 0 aliphatic carbocycles. The quantitative estimate of drug-likeness (QED) is 0.848. The monoisotopic (exact) mass is 333 g/mol. The molecule has 8 nitrogen and oxygen atoms in total. The Bertz CT molecular complexity index is 726. The van der Waals surface area contributed by atoms with Gasteiger partial charge in [0.05, 0.1) is 17.9 Å². The van der Waals surface area contributed by atoms with E-state index in [0.717, 1.165) is 48.4 Å². The van der Waals surface area contributed by atoms with Crippen molar-refractivity contribution in [1.29, 1.82) is 0 Å². The number of carbonyl (C=O) groups excluding carboxylic acids is 1. The molecule has 0 radical (unpaired) electrons. The third-order valence-electron chi connectivity index (χ3n) is 4.44. The second-order valence-electron chi connectivity index (χ2n) is 6.03. The molecule has 2 amide bonds. The molecule has 0 N–H and O–H groups in total. The van der Waals surface area contributed by atoms with Gasteiger partial charge < -0.3 is 9.80 Å². The standard InChI is InChI=1S/C14H19N7OS/c1-10-16-17-13(23-10)19-4-3-11(8-19)21-9-12(7-15-21)20-6-5-18(2)14(20)22/h7,9,11H,3-6,8H2,1-2H3. The number of carbonyl (C=O) groups is 1. The van der Waals surface area contributed by atoms with E-state index in [2.05, 4.69) is 20.2 Å². The first-order valence-electron chi connectivity index (χ1n) is 7.73. The molecule has 2 aliphatic rings. The Kier molecular flexibility index (Phi) is 3.44. The lowest BCUT2D eigenvalue weighted by molar-refractivity contribution is 0.229. The number of rotatable bonds is 3. The van der Waals surface area contributed by atoms with Gasteiger partial charge in [0.2, 0.25) is 5.13 Å². The van der Waals surface area contributed by atoms with E-state index in [9.17, 15) is 4.79 Å². The van der Waals surface area contributed by atoms with Gasteiger partial charge in [0, 0.05) is 39.4 Å². The first-order valence-corrected chi connectivity index (χ1v) is 8.55. The normalized spacial score (nSPS) is 21.7. The van der Waals surface area contributed by atoms with E-state index >= 15 is 0 Å². The van der Waals surface area contributed by atoms with Crippen LogP contribution in [0.3, 0.4) is 0 Å². The van der Waals surface area contributed by atoms with Crippen molar-refractivity contribution < 1.29 is 4.79 Å². The Morgan fingerprint density at radius 1 is 1.26 bits per heavy atom. The number of aryl methyl sites for hydroxylation is 1. The van der Waals surface area contributed by atoms with Gasteiger partial charge in [-0.05, 0) is 13.3 Å². The van der Waals surface area contributed by atoms with Crippen LogP contribution in [-0.2, 0) is 0 Å². The fraction of sp³-hybridized carbons (Fsp3) is 0.571. The van der Waals surface area contributed by atoms with Crippen molar-refractivity contribution in [3.8, 4) is 0 Å². The Balaban J connectivity index is 1.47. The largest absolute Gasteiger partial charge is 0.344 e. The topological polar surface area (TPSA) is 70.4 Å². The molecule has 1 atom stereocenters. The summed E-state index contributed by atoms with van der Waals surface area (Å²) >= 11 is 1.62. The molecule has 1 unspecified atom stereocenters. The van der Waals surface area contributed by atoms with Gasteiger partial charge >= 0.3 is 6.03 Å². The zero-order valence-corrected chi connectivity index (χ0v) is 14.0. The van der Waals surface area contributed by atoms with Crippen LogP contribution in [0, 0.1) is 6.92 Å². The highest BCUT2D eigenvalue weighted by atomic mass is 32.1. The minimum absolute atomic E-state index is 0.0435. The summed E-state index contributed by atoms with van der Waals surface area (Å²) in [6.45, 7) is 5.29. The molecule has 2 aromatic heterocycles. The van der Waals surface area contributed by atoms with E-state index in [1.807, 2.05) is 24.9 Å². The van der Waals surface area contributed by atoms with Crippen LogP contribution in [0.25, 0.3) is 0 Å². The fourth-order valence-corrected chi connectivity index (χ4v) is 3.82. The van der Waals surface area contributed by atoms with E-state index in [4.69, 9.17) is 0 Å². The maximum absolute atomic E-state index is 12.1. The van der Waals surface area contributed by atoms with Crippen molar-refractivity contribution in [2.24, 2.45) is 0 Å². The van der Waals surface area contributed by atoms with Crippen LogP contribution in [0.5, 0.6) is 0 Å². The number of anilines is 2. The van der Waals surface area contributed by atoms with Crippen molar-refractivity contribution in [2.75, 3.05) is 43.0 Å². The summed E-state index contributed by atoms with van der Waals surface area (Å²) in [6, 6.07) is 0.352. The van der Waals surface area contributed by atoms with Crippen molar-refractivity contribution in [1.82, 2.24) is 24.9 Å². The second kappa shape index (κ2) is 5.48. The molecule has 0 bridgehead atoms. The summed E-state index contributed by atoms with van der Waals surface area (Å²) in [7, 11) is 1.83. The van der Waals surface area contributed by atoms with Gasteiger partial charge in [-0.25, -0.2) is 4.79 Å². The van der Waals surface area contributed by atoms with Gasteiger partial charge in [0.15, 0.2) is 0 Å². The highest BCUT2D eigenvalue weighted by Crippen LogP contribution is 2.30. The van der Waals surface area contributed by atoms with Crippen molar-refractivity contribution in [3.63, 3.8) is 0 Å². The minimum atomic E-state index is 0.0435. The van der Waals surface area contributed by atoms with Gasteiger partial charge in [-0.1, -0.05) is 11.3 Å². The average Bonchev–Trinajstić information content (AvgIpc) is 3.27. The first kappa shape index (κ1) is 14.4. The van der Waals surface area contributed by atoms with Gasteiger partial charge in [0.1, 0.15) is 5.01 Å². The molecule has 2 aliphatic heterocycles. The molecule has 4 heterocycles. The minimum Gasteiger partial charge on any atom is -0.344 e.